The fraction of sp³-hybridized carbons (Fsp3) is 0.294. The number of nitrogens with one attached hydrogen (secondary N) is 1. The highest BCUT2D eigenvalue weighted by molar-refractivity contribution is 9.10. The molecule has 0 radical (unpaired) electrons. The number of para-hydroxylation sites is 2. The number of imidazole rings is 1. The molecule has 4 rings (SSSR count). The maximum Gasteiger partial charge on any atom is 0.289 e. The van der Waals surface area contributed by atoms with Crippen molar-refractivity contribution in [3.8, 4) is 0 Å². The number of carbonyl (C=O) groups is 1. The SMILES string of the molecule is O=C(c1ccc(Br)o1)N1CCC(c2nc3ccccc3[nH]2)CC1. The highest BCUT2D eigenvalue weighted by Crippen LogP contribution is 2.28. The molecule has 1 amide bonds. The second kappa shape index (κ2) is 5.85. The van der Waals surface area contributed by atoms with Crippen molar-refractivity contribution in [3.63, 3.8) is 0 Å². The first-order valence-corrected chi connectivity index (χ1v) is 8.49. The molecule has 1 aliphatic rings. The average Bonchev–Trinajstić information content (AvgIpc) is 3.20. The van der Waals surface area contributed by atoms with Crippen LogP contribution in [0.25, 0.3) is 11.0 Å². The van der Waals surface area contributed by atoms with E-state index in [0.29, 0.717) is 16.3 Å². The van der Waals surface area contributed by atoms with Gasteiger partial charge in [0.05, 0.1) is 11.0 Å². The summed E-state index contributed by atoms with van der Waals surface area (Å²) in [7, 11) is 0. The Balaban J connectivity index is 1.45. The van der Waals surface area contributed by atoms with E-state index in [2.05, 4.69) is 25.9 Å². The van der Waals surface area contributed by atoms with Crippen LogP contribution in [0.3, 0.4) is 0 Å². The Morgan fingerprint density at radius 2 is 2.00 bits per heavy atom. The molecule has 1 N–H and O–H groups in total. The topological polar surface area (TPSA) is 62.1 Å². The molecule has 1 aromatic carbocycles. The molecule has 2 aromatic heterocycles. The highest BCUT2D eigenvalue weighted by atomic mass is 79.9. The number of hydrogen-bond donors (Lipinski definition) is 1. The lowest BCUT2D eigenvalue weighted by molar-refractivity contribution is 0.0677. The lowest BCUT2D eigenvalue weighted by atomic mass is 9.96. The van der Waals surface area contributed by atoms with Crippen LogP contribution < -0.4 is 0 Å². The summed E-state index contributed by atoms with van der Waals surface area (Å²) in [5, 5.41) is 0. The van der Waals surface area contributed by atoms with Gasteiger partial charge in [-0.15, -0.1) is 0 Å². The zero-order valence-electron chi connectivity index (χ0n) is 12.5. The minimum atomic E-state index is -0.0428. The molecule has 3 heterocycles. The number of aromatic amines is 1. The Bertz CT molecular complexity index is 813. The van der Waals surface area contributed by atoms with Crippen molar-refractivity contribution in [2.24, 2.45) is 0 Å². The summed E-state index contributed by atoms with van der Waals surface area (Å²) in [5.74, 6) is 1.74. The van der Waals surface area contributed by atoms with Gasteiger partial charge in [0.1, 0.15) is 5.82 Å². The molecule has 6 heteroatoms. The minimum Gasteiger partial charge on any atom is -0.444 e. The standard InChI is InChI=1S/C17H16BrN3O2/c18-15-6-5-14(23-15)17(22)21-9-7-11(8-10-21)16-19-12-3-1-2-4-13(12)20-16/h1-6,11H,7-10H2,(H,19,20). The number of furan rings is 1. The third-order valence-corrected chi connectivity index (χ3v) is 4.79. The zero-order chi connectivity index (χ0) is 15.8. The van der Waals surface area contributed by atoms with E-state index < -0.39 is 0 Å². The Morgan fingerprint density at radius 3 is 2.70 bits per heavy atom. The van der Waals surface area contributed by atoms with Crippen molar-refractivity contribution in [2.45, 2.75) is 18.8 Å². The quantitative estimate of drug-likeness (QED) is 0.739. The fourth-order valence-electron chi connectivity index (χ4n) is 3.11. The number of amides is 1. The Labute approximate surface area is 141 Å². The van der Waals surface area contributed by atoms with Gasteiger partial charge in [0.25, 0.3) is 5.91 Å². The van der Waals surface area contributed by atoms with Gasteiger partial charge in [-0.3, -0.25) is 4.79 Å². The number of halogens is 1. The summed E-state index contributed by atoms with van der Waals surface area (Å²) in [6.07, 6.45) is 1.82. The molecule has 0 unspecified atom stereocenters. The van der Waals surface area contributed by atoms with Gasteiger partial charge >= 0.3 is 0 Å². The summed E-state index contributed by atoms with van der Waals surface area (Å²) >= 11 is 3.23. The minimum absolute atomic E-state index is 0.0428. The van der Waals surface area contributed by atoms with Crippen molar-refractivity contribution in [2.75, 3.05) is 13.1 Å². The number of fused-ring (bicyclic) bond motifs is 1. The first-order valence-electron chi connectivity index (χ1n) is 7.70. The molecule has 0 spiro atoms. The summed E-state index contributed by atoms with van der Waals surface area (Å²) in [5.41, 5.74) is 2.07. The van der Waals surface area contributed by atoms with Crippen molar-refractivity contribution >= 4 is 32.9 Å². The second-order valence-electron chi connectivity index (χ2n) is 5.81. The predicted octanol–water partition coefficient (Wildman–Crippen LogP) is 3.94. The molecule has 0 aliphatic carbocycles. The largest absolute Gasteiger partial charge is 0.444 e. The van der Waals surface area contributed by atoms with Crippen LogP contribution in [0.1, 0.15) is 35.1 Å². The summed E-state index contributed by atoms with van der Waals surface area (Å²) in [6, 6.07) is 11.5. The van der Waals surface area contributed by atoms with E-state index in [9.17, 15) is 4.79 Å². The third-order valence-electron chi connectivity index (χ3n) is 4.36. The Kier molecular flexibility index (Phi) is 3.69. The van der Waals surface area contributed by atoms with Crippen molar-refractivity contribution in [1.82, 2.24) is 14.9 Å². The monoisotopic (exact) mass is 373 g/mol. The van der Waals surface area contributed by atoms with E-state index >= 15 is 0 Å². The van der Waals surface area contributed by atoms with Crippen LogP contribution in [0.4, 0.5) is 0 Å². The number of rotatable bonds is 2. The van der Waals surface area contributed by atoms with Crippen LogP contribution in [0, 0.1) is 0 Å². The molecule has 1 saturated heterocycles. The molecule has 5 nitrogen and oxygen atoms in total. The van der Waals surface area contributed by atoms with E-state index in [1.54, 1.807) is 12.1 Å². The van der Waals surface area contributed by atoms with Crippen molar-refractivity contribution in [3.05, 3.63) is 52.7 Å². The molecular formula is C17H16BrN3O2. The lowest BCUT2D eigenvalue weighted by Gasteiger charge is -2.30. The van der Waals surface area contributed by atoms with Gasteiger partial charge in [0.15, 0.2) is 10.4 Å². The number of likely N-dealkylation sites (tertiary alicyclic amines) is 1. The normalized spacial score (nSPS) is 16.1. The number of carbonyl (C=O) groups excluding carboxylic acids is 1. The molecule has 1 fully saturated rings. The van der Waals surface area contributed by atoms with Crippen LogP contribution in [-0.2, 0) is 0 Å². The first-order chi connectivity index (χ1) is 11.2. The van der Waals surface area contributed by atoms with E-state index in [0.717, 1.165) is 42.8 Å². The predicted molar refractivity (Wildman–Crippen MR) is 90.4 cm³/mol. The van der Waals surface area contributed by atoms with Gasteiger partial charge in [-0.1, -0.05) is 12.1 Å². The molecule has 1 aliphatic heterocycles. The average molecular weight is 374 g/mol. The Hall–Kier alpha value is -2.08. The maximum atomic E-state index is 12.4. The molecule has 0 atom stereocenters. The van der Waals surface area contributed by atoms with E-state index in [1.807, 2.05) is 29.2 Å². The van der Waals surface area contributed by atoms with Crippen LogP contribution >= 0.6 is 15.9 Å². The van der Waals surface area contributed by atoms with Gasteiger partial charge in [0, 0.05) is 19.0 Å². The molecule has 23 heavy (non-hydrogen) atoms. The van der Waals surface area contributed by atoms with Gasteiger partial charge in [-0.25, -0.2) is 4.98 Å². The zero-order valence-corrected chi connectivity index (χ0v) is 14.0. The van der Waals surface area contributed by atoms with Crippen LogP contribution in [0.5, 0.6) is 0 Å². The van der Waals surface area contributed by atoms with Crippen LogP contribution in [0.15, 0.2) is 45.5 Å². The van der Waals surface area contributed by atoms with Crippen LogP contribution in [-0.4, -0.2) is 33.9 Å². The molecule has 118 valence electrons. The van der Waals surface area contributed by atoms with Gasteiger partial charge < -0.3 is 14.3 Å². The van der Waals surface area contributed by atoms with Crippen molar-refractivity contribution in [1.29, 1.82) is 0 Å². The number of hydrogen-bond acceptors (Lipinski definition) is 3. The molecular weight excluding hydrogens is 358 g/mol. The van der Waals surface area contributed by atoms with E-state index in [-0.39, 0.29) is 5.91 Å². The highest BCUT2D eigenvalue weighted by Gasteiger charge is 2.27. The van der Waals surface area contributed by atoms with E-state index in [1.165, 1.54) is 0 Å². The Morgan fingerprint density at radius 1 is 1.22 bits per heavy atom. The van der Waals surface area contributed by atoms with Gasteiger partial charge in [0.2, 0.25) is 0 Å². The molecule has 0 bridgehead atoms. The number of aromatic nitrogens is 2. The summed E-state index contributed by atoms with van der Waals surface area (Å²) < 4.78 is 5.94. The van der Waals surface area contributed by atoms with Crippen LogP contribution in [0.2, 0.25) is 0 Å². The lowest BCUT2D eigenvalue weighted by Crippen LogP contribution is -2.37. The summed E-state index contributed by atoms with van der Waals surface area (Å²) in [6.45, 7) is 1.44. The number of nitrogens with zero attached hydrogens (tertiary/aromatic N) is 2. The number of piperidine rings is 1. The number of H-pyrrole nitrogens is 1. The van der Waals surface area contributed by atoms with Crippen molar-refractivity contribution < 1.29 is 9.21 Å². The summed E-state index contributed by atoms with van der Waals surface area (Å²) in [4.78, 5) is 22.3. The van der Waals surface area contributed by atoms with Gasteiger partial charge in [-0.2, -0.15) is 0 Å². The smallest absolute Gasteiger partial charge is 0.289 e. The second-order valence-corrected chi connectivity index (χ2v) is 6.59. The molecule has 3 aromatic rings. The van der Waals surface area contributed by atoms with E-state index in [4.69, 9.17) is 4.42 Å². The maximum absolute atomic E-state index is 12.4. The number of benzene rings is 1. The third kappa shape index (κ3) is 2.79. The molecule has 0 saturated carbocycles. The van der Waals surface area contributed by atoms with Gasteiger partial charge in [-0.05, 0) is 53.0 Å². The first kappa shape index (κ1) is 14.5. The fourth-order valence-corrected chi connectivity index (χ4v) is 3.41.